The van der Waals surface area contributed by atoms with Gasteiger partial charge in [-0.25, -0.2) is 0 Å². The minimum absolute atomic E-state index is 0.218. The number of hydrogen-bond donors (Lipinski definition) is 2. The molecule has 1 aromatic rings. The van der Waals surface area contributed by atoms with Gasteiger partial charge in [0.15, 0.2) is 5.17 Å². The average molecular weight is 283 g/mol. The fourth-order valence-corrected chi connectivity index (χ4v) is 2.74. The zero-order valence-corrected chi connectivity index (χ0v) is 10.7. The van der Waals surface area contributed by atoms with Crippen LogP contribution in [0.3, 0.4) is 0 Å². The highest BCUT2D eigenvalue weighted by Gasteiger charge is 2.32. The summed E-state index contributed by atoms with van der Waals surface area (Å²) in [7, 11) is 0. The van der Waals surface area contributed by atoms with Crippen LogP contribution in [0.25, 0.3) is 0 Å². The first kappa shape index (κ1) is 12.8. The van der Waals surface area contributed by atoms with E-state index in [9.17, 15) is 9.59 Å². The molecule has 1 aromatic heterocycles. The maximum atomic E-state index is 11.4. The molecule has 2 N–H and O–H groups in total. The molecule has 1 fully saturated rings. The Morgan fingerprint density at radius 1 is 1.61 bits per heavy atom. The number of rotatable bonds is 4. The van der Waals surface area contributed by atoms with E-state index < -0.39 is 11.2 Å². The van der Waals surface area contributed by atoms with E-state index in [4.69, 9.17) is 5.11 Å². The molecule has 1 saturated heterocycles. The van der Waals surface area contributed by atoms with Gasteiger partial charge in [-0.1, -0.05) is 17.8 Å². The van der Waals surface area contributed by atoms with E-state index in [1.165, 1.54) is 11.3 Å². The summed E-state index contributed by atoms with van der Waals surface area (Å²) in [5.41, 5.74) is 0. The lowest BCUT2D eigenvalue weighted by Crippen LogP contribution is -2.26. The van der Waals surface area contributed by atoms with Crippen LogP contribution in [-0.4, -0.2) is 33.6 Å². The third-order valence-corrected chi connectivity index (χ3v) is 3.89. The van der Waals surface area contributed by atoms with Gasteiger partial charge >= 0.3 is 5.97 Å². The van der Waals surface area contributed by atoms with E-state index in [0.29, 0.717) is 5.17 Å². The van der Waals surface area contributed by atoms with Crippen LogP contribution in [0, 0.1) is 0 Å². The average Bonchev–Trinajstić information content (AvgIpc) is 2.90. The fourth-order valence-electron chi connectivity index (χ4n) is 1.25. The highest BCUT2D eigenvalue weighted by molar-refractivity contribution is 8.15. The number of amides is 1. The standard InChI is InChI=1S/C10H9N3O3S2/c14-8(15)4-7-9(16)12-10(18-7)13-11-5-6-2-1-3-17-6/h1-3,5,7H,4H2,(H,14,15)(H,12,13,16)/b11-5-/t7-/m1/s1. The molecule has 0 aromatic carbocycles. The zero-order chi connectivity index (χ0) is 13.0. The molecule has 0 aliphatic carbocycles. The Kier molecular flexibility index (Phi) is 4.11. The highest BCUT2D eigenvalue weighted by atomic mass is 32.2. The van der Waals surface area contributed by atoms with Crippen LogP contribution >= 0.6 is 23.1 Å². The van der Waals surface area contributed by atoms with Crippen LogP contribution in [0.5, 0.6) is 0 Å². The van der Waals surface area contributed by atoms with Crippen molar-refractivity contribution in [2.45, 2.75) is 11.7 Å². The summed E-state index contributed by atoms with van der Waals surface area (Å²) in [6.45, 7) is 0. The third kappa shape index (κ3) is 3.41. The molecule has 1 atom stereocenters. The minimum atomic E-state index is -1.01. The Bertz CT molecular complexity index is 510. The fraction of sp³-hybridized carbons (Fsp3) is 0.200. The number of carboxylic acids is 1. The van der Waals surface area contributed by atoms with Crippen molar-refractivity contribution in [3.05, 3.63) is 22.4 Å². The van der Waals surface area contributed by atoms with Crippen molar-refractivity contribution in [3.63, 3.8) is 0 Å². The quantitative estimate of drug-likeness (QED) is 0.640. The lowest BCUT2D eigenvalue weighted by Gasteiger charge is -1.97. The molecule has 1 aliphatic rings. The van der Waals surface area contributed by atoms with Gasteiger partial charge in [0, 0.05) is 4.88 Å². The summed E-state index contributed by atoms with van der Waals surface area (Å²) < 4.78 is 0. The molecular formula is C10H9N3O3S2. The predicted octanol–water partition coefficient (Wildman–Crippen LogP) is 1.14. The van der Waals surface area contributed by atoms with Crippen LogP contribution in [0.1, 0.15) is 11.3 Å². The van der Waals surface area contributed by atoms with Gasteiger partial charge in [-0.05, 0) is 11.4 Å². The van der Waals surface area contributed by atoms with E-state index in [2.05, 4.69) is 15.5 Å². The second-order valence-electron chi connectivity index (χ2n) is 3.36. The Morgan fingerprint density at radius 2 is 2.44 bits per heavy atom. The Labute approximate surface area is 111 Å². The summed E-state index contributed by atoms with van der Waals surface area (Å²) in [5, 5.41) is 20.4. The van der Waals surface area contributed by atoms with Crippen molar-refractivity contribution in [2.24, 2.45) is 10.2 Å². The number of hydrogen-bond acceptors (Lipinski definition) is 6. The van der Waals surface area contributed by atoms with E-state index in [1.807, 2.05) is 17.5 Å². The van der Waals surface area contributed by atoms with Crippen LogP contribution in [-0.2, 0) is 9.59 Å². The van der Waals surface area contributed by atoms with Crippen LogP contribution in [0.4, 0.5) is 0 Å². The summed E-state index contributed by atoms with van der Waals surface area (Å²) >= 11 is 2.61. The molecule has 0 spiro atoms. The second-order valence-corrected chi connectivity index (χ2v) is 5.53. The number of amidine groups is 1. The molecular weight excluding hydrogens is 274 g/mol. The lowest BCUT2D eigenvalue weighted by atomic mass is 10.3. The molecule has 94 valence electrons. The number of thioether (sulfide) groups is 1. The summed E-state index contributed by atoms with van der Waals surface area (Å²) in [6.07, 6.45) is 1.36. The number of nitrogens with zero attached hydrogens (tertiary/aromatic N) is 2. The van der Waals surface area contributed by atoms with Crippen molar-refractivity contribution in [1.29, 1.82) is 0 Å². The normalized spacial score (nSPS) is 21.7. The van der Waals surface area contributed by atoms with Crippen LogP contribution in [0.15, 0.2) is 27.7 Å². The second kappa shape index (κ2) is 5.78. The predicted molar refractivity (Wildman–Crippen MR) is 71.1 cm³/mol. The number of carboxylic acid groups (broad SMARTS) is 1. The van der Waals surface area contributed by atoms with Crippen molar-refractivity contribution < 1.29 is 14.7 Å². The summed E-state index contributed by atoms with van der Waals surface area (Å²) in [6, 6.07) is 3.79. The first-order valence-corrected chi connectivity index (χ1v) is 6.75. The Morgan fingerprint density at radius 3 is 3.11 bits per heavy atom. The number of thiophene rings is 1. The van der Waals surface area contributed by atoms with Crippen LogP contribution < -0.4 is 5.32 Å². The summed E-state index contributed by atoms with van der Waals surface area (Å²) in [5.74, 6) is -1.35. The van der Waals surface area contributed by atoms with Gasteiger partial charge in [0.25, 0.3) is 0 Å². The molecule has 0 radical (unpaired) electrons. The molecule has 8 heteroatoms. The molecule has 1 aliphatic heterocycles. The largest absolute Gasteiger partial charge is 0.481 e. The van der Waals surface area contributed by atoms with Gasteiger partial charge in [-0.15, -0.1) is 16.4 Å². The van der Waals surface area contributed by atoms with E-state index in [1.54, 1.807) is 6.21 Å². The Balaban J connectivity index is 1.95. The SMILES string of the molecule is O=C(O)C[C@H]1S/C(=N\N=C/c2cccs2)NC1=O. The smallest absolute Gasteiger partial charge is 0.305 e. The topological polar surface area (TPSA) is 91.1 Å². The highest BCUT2D eigenvalue weighted by Crippen LogP contribution is 2.22. The monoisotopic (exact) mass is 283 g/mol. The molecule has 0 unspecified atom stereocenters. The van der Waals surface area contributed by atoms with Gasteiger partial charge in [-0.3, -0.25) is 9.59 Å². The molecule has 6 nitrogen and oxygen atoms in total. The number of nitrogens with one attached hydrogen (secondary N) is 1. The van der Waals surface area contributed by atoms with Gasteiger partial charge in [0.05, 0.1) is 12.6 Å². The Hall–Kier alpha value is -1.67. The molecule has 2 rings (SSSR count). The van der Waals surface area contributed by atoms with Gasteiger partial charge in [0.2, 0.25) is 5.91 Å². The zero-order valence-electron chi connectivity index (χ0n) is 9.07. The molecule has 18 heavy (non-hydrogen) atoms. The van der Waals surface area contributed by atoms with Gasteiger partial charge in [-0.2, -0.15) is 5.10 Å². The first-order valence-electron chi connectivity index (χ1n) is 4.99. The third-order valence-electron chi connectivity index (χ3n) is 2.01. The van der Waals surface area contributed by atoms with Crippen molar-refractivity contribution in [1.82, 2.24) is 5.32 Å². The number of carbonyl (C=O) groups excluding carboxylic acids is 1. The number of carbonyl (C=O) groups is 2. The van der Waals surface area contributed by atoms with Crippen molar-refractivity contribution in [3.8, 4) is 0 Å². The van der Waals surface area contributed by atoms with E-state index in [0.717, 1.165) is 16.6 Å². The maximum Gasteiger partial charge on any atom is 0.305 e. The number of aliphatic carboxylic acids is 1. The van der Waals surface area contributed by atoms with Gasteiger partial charge in [0.1, 0.15) is 5.25 Å². The summed E-state index contributed by atoms with van der Waals surface area (Å²) in [4.78, 5) is 22.9. The van der Waals surface area contributed by atoms with Gasteiger partial charge < -0.3 is 10.4 Å². The van der Waals surface area contributed by atoms with E-state index >= 15 is 0 Å². The maximum absolute atomic E-state index is 11.4. The first-order chi connectivity index (χ1) is 8.65. The van der Waals surface area contributed by atoms with Crippen LogP contribution in [0.2, 0.25) is 0 Å². The molecule has 0 bridgehead atoms. The minimum Gasteiger partial charge on any atom is -0.481 e. The lowest BCUT2D eigenvalue weighted by molar-refractivity contribution is -0.138. The molecule has 1 amide bonds. The van der Waals surface area contributed by atoms with Crippen molar-refractivity contribution in [2.75, 3.05) is 0 Å². The molecule has 2 heterocycles. The van der Waals surface area contributed by atoms with Crippen molar-refractivity contribution >= 4 is 46.4 Å². The van der Waals surface area contributed by atoms with E-state index in [-0.39, 0.29) is 12.3 Å². The molecule has 0 saturated carbocycles.